The molecule has 2 aliphatic heterocycles. The monoisotopic (exact) mass is 342 g/mol. The highest BCUT2D eigenvalue weighted by atomic mass is 16.5. The van der Waals surface area contributed by atoms with Gasteiger partial charge in [-0.25, -0.2) is 0 Å². The van der Waals surface area contributed by atoms with E-state index >= 15 is 0 Å². The van der Waals surface area contributed by atoms with Crippen molar-refractivity contribution in [2.75, 3.05) is 19.7 Å². The number of rotatable bonds is 4. The number of hydrogen-bond acceptors (Lipinski definition) is 5. The molecule has 1 amide bonds. The van der Waals surface area contributed by atoms with E-state index in [2.05, 4.69) is 10.1 Å². The molecule has 2 saturated heterocycles. The molecule has 4 heterocycles. The van der Waals surface area contributed by atoms with E-state index in [1.165, 1.54) is 0 Å². The molecule has 2 fully saturated rings. The second kappa shape index (κ2) is 6.57. The fourth-order valence-corrected chi connectivity index (χ4v) is 3.54. The normalized spacial score (nSPS) is 22.0. The van der Waals surface area contributed by atoms with Gasteiger partial charge in [-0.1, -0.05) is 6.07 Å². The van der Waals surface area contributed by atoms with Crippen LogP contribution in [0.1, 0.15) is 28.9 Å². The fraction of sp³-hybridized carbons (Fsp3) is 0.500. The van der Waals surface area contributed by atoms with Crippen molar-refractivity contribution in [1.82, 2.24) is 19.7 Å². The molecular weight excluding hydrogens is 320 g/mol. The molecule has 1 spiro atoms. The first kappa shape index (κ1) is 16.2. The lowest BCUT2D eigenvalue weighted by Gasteiger charge is -2.52. The molecule has 25 heavy (non-hydrogen) atoms. The Kier molecular flexibility index (Phi) is 4.27. The maximum Gasteiger partial charge on any atom is 0.257 e. The van der Waals surface area contributed by atoms with E-state index in [0.29, 0.717) is 31.9 Å². The van der Waals surface area contributed by atoms with Crippen molar-refractivity contribution in [2.24, 2.45) is 7.05 Å². The summed E-state index contributed by atoms with van der Waals surface area (Å²) in [6.07, 6.45) is 6.97. The smallest absolute Gasteiger partial charge is 0.257 e. The van der Waals surface area contributed by atoms with Crippen LogP contribution in [0.2, 0.25) is 0 Å². The molecule has 1 atom stereocenters. The number of carbonyl (C=O) groups is 1. The molecule has 4 rings (SSSR count). The Labute approximate surface area is 146 Å². The number of ether oxygens (including phenoxy) is 2. The molecule has 0 aromatic carbocycles. The van der Waals surface area contributed by atoms with Crippen molar-refractivity contribution in [3.63, 3.8) is 0 Å². The van der Waals surface area contributed by atoms with Crippen molar-refractivity contribution in [3.05, 3.63) is 48.0 Å². The summed E-state index contributed by atoms with van der Waals surface area (Å²) in [7, 11) is 1.81. The van der Waals surface area contributed by atoms with Gasteiger partial charge in [-0.05, 0) is 18.6 Å². The third kappa shape index (κ3) is 3.43. The Balaban J connectivity index is 1.31. The second-order valence-electron chi connectivity index (χ2n) is 6.84. The third-order valence-electron chi connectivity index (χ3n) is 4.84. The van der Waals surface area contributed by atoms with E-state index in [1.807, 2.05) is 30.1 Å². The van der Waals surface area contributed by atoms with E-state index in [-0.39, 0.29) is 17.6 Å². The largest absolute Gasteiger partial charge is 0.372 e. The molecule has 7 nitrogen and oxygen atoms in total. The molecule has 1 unspecified atom stereocenters. The molecule has 7 heteroatoms. The van der Waals surface area contributed by atoms with E-state index in [9.17, 15) is 4.79 Å². The number of amides is 1. The van der Waals surface area contributed by atoms with Crippen LogP contribution < -0.4 is 0 Å². The minimum Gasteiger partial charge on any atom is -0.372 e. The van der Waals surface area contributed by atoms with Crippen LogP contribution >= 0.6 is 0 Å². The SMILES string of the molecule is Cn1cc(C(=O)N2CC3(CC(OCc4ccccn4)CCO3)C2)cn1. The lowest BCUT2D eigenvalue weighted by atomic mass is 9.84. The van der Waals surface area contributed by atoms with Crippen molar-refractivity contribution >= 4 is 5.91 Å². The highest BCUT2D eigenvalue weighted by Crippen LogP contribution is 2.36. The number of nitrogens with zero attached hydrogens (tertiary/aromatic N) is 4. The molecule has 0 N–H and O–H groups in total. The van der Waals surface area contributed by atoms with Gasteiger partial charge >= 0.3 is 0 Å². The van der Waals surface area contributed by atoms with Gasteiger partial charge in [0.25, 0.3) is 5.91 Å². The van der Waals surface area contributed by atoms with Gasteiger partial charge in [0.15, 0.2) is 0 Å². The van der Waals surface area contributed by atoms with Crippen LogP contribution in [0.4, 0.5) is 0 Å². The Morgan fingerprint density at radius 3 is 3.04 bits per heavy atom. The van der Waals surface area contributed by atoms with E-state index in [4.69, 9.17) is 9.47 Å². The van der Waals surface area contributed by atoms with Crippen molar-refractivity contribution in [2.45, 2.75) is 31.2 Å². The predicted octanol–water partition coefficient (Wildman–Crippen LogP) is 1.41. The number of likely N-dealkylation sites (tertiary alicyclic amines) is 1. The summed E-state index contributed by atoms with van der Waals surface area (Å²) in [5.41, 5.74) is 1.30. The number of pyridine rings is 1. The number of aromatic nitrogens is 3. The maximum absolute atomic E-state index is 12.4. The third-order valence-corrected chi connectivity index (χ3v) is 4.84. The lowest BCUT2D eigenvalue weighted by Crippen LogP contribution is -2.67. The summed E-state index contributed by atoms with van der Waals surface area (Å²) >= 11 is 0. The van der Waals surface area contributed by atoms with Crippen LogP contribution in [0.15, 0.2) is 36.8 Å². The summed E-state index contributed by atoms with van der Waals surface area (Å²) in [5.74, 6) is 0.0128. The Morgan fingerprint density at radius 1 is 1.44 bits per heavy atom. The molecule has 0 aliphatic carbocycles. The maximum atomic E-state index is 12.4. The topological polar surface area (TPSA) is 69.5 Å². The Hall–Kier alpha value is -2.25. The van der Waals surface area contributed by atoms with Gasteiger partial charge in [0.1, 0.15) is 5.60 Å². The average Bonchev–Trinajstić information content (AvgIpc) is 3.05. The van der Waals surface area contributed by atoms with Gasteiger partial charge in [-0.15, -0.1) is 0 Å². The summed E-state index contributed by atoms with van der Waals surface area (Å²) in [6, 6.07) is 5.83. The molecule has 0 radical (unpaired) electrons. The van der Waals surface area contributed by atoms with Crippen molar-refractivity contribution < 1.29 is 14.3 Å². The minimum absolute atomic E-state index is 0.0128. The standard InChI is InChI=1S/C18H22N4O3/c1-21-10-14(9-20-21)17(23)22-12-18(13-22)8-16(5-7-25-18)24-11-15-4-2-3-6-19-15/h2-4,6,9-10,16H,5,7-8,11-13H2,1H3. The quantitative estimate of drug-likeness (QED) is 0.840. The number of hydrogen-bond donors (Lipinski definition) is 0. The first-order chi connectivity index (χ1) is 12.1. The zero-order chi connectivity index (χ0) is 17.3. The van der Waals surface area contributed by atoms with Crippen LogP contribution in [-0.4, -0.2) is 57.0 Å². The van der Waals surface area contributed by atoms with Crippen molar-refractivity contribution in [1.29, 1.82) is 0 Å². The highest BCUT2D eigenvalue weighted by molar-refractivity contribution is 5.94. The predicted molar refractivity (Wildman–Crippen MR) is 89.8 cm³/mol. The van der Waals surface area contributed by atoms with E-state index in [0.717, 1.165) is 18.5 Å². The van der Waals surface area contributed by atoms with E-state index < -0.39 is 0 Å². The van der Waals surface area contributed by atoms with Gasteiger partial charge in [-0.2, -0.15) is 5.10 Å². The van der Waals surface area contributed by atoms with Gasteiger partial charge in [-0.3, -0.25) is 14.5 Å². The lowest BCUT2D eigenvalue weighted by molar-refractivity contribution is -0.188. The highest BCUT2D eigenvalue weighted by Gasteiger charge is 2.49. The molecule has 2 aromatic rings. The zero-order valence-electron chi connectivity index (χ0n) is 14.3. The van der Waals surface area contributed by atoms with Crippen molar-refractivity contribution in [3.8, 4) is 0 Å². The summed E-state index contributed by atoms with van der Waals surface area (Å²) in [6.45, 7) is 2.41. The van der Waals surface area contributed by atoms with Crippen LogP contribution in [-0.2, 0) is 23.1 Å². The Morgan fingerprint density at radius 2 is 2.32 bits per heavy atom. The molecular formula is C18H22N4O3. The van der Waals surface area contributed by atoms with Crippen LogP contribution in [0.5, 0.6) is 0 Å². The minimum atomic E-state index is -0.259. The molecule has 2 aromatic heterocycles. The fourth-order valence-electron chi connectivity index (χ4n) is 3.54. The summed E-state index contributed by atoms with van der Waals surface area (Å²) in [4.78, 5) is 18.5. The Bertz CT molecular complexity index is 740. The van der Waals surface area contributed by atoms with Gasteiger partial charge in [0, 0.05) is 32.5 Å². The summed E-state index contributed by atoms with van der Waals surface area (Å²) < 4.78 is 13.7. The first-order valence-corrected chi connectivity index (χ1v) is 8.57. The molecule has 0 bridgehead atoms. The van der Waals surface area contributed by atoms with Gasteiger partial charge < -0.3 is 14.4 Å². The summed E-state index contributed by atoms with van der Waals surface area (Å²) in [5, 5.41) is 4.06. The van der Waals surface area contributed by atoms with Gasteiger partial charge in [0.2, 0.25) is 0 Å². The molecule has 2 aliphatic rings. The van der Waals surface area contributed by atoms with Crippen LogP contribution in [0.25, 0.3) is 0 Å². The second-order valence-corrected chi connectivity index (χ2v) is 6.84. The van der Waals surface area contributed by atoms with E-state index in [1.54, 1.807) is 23.3 Å². The first-order valence-electron chi connectivity index (χ1n) is 8.57. The van der Waals surface area contributed by atoms with Gasteiger partial charge in [0.05, 0.1) is 43.3 Å². The zero-order valence-corrected chi connectivity index (χ0v) is 14.3. The average molecular weight is 342 g/mol. The molecule has 0 saturated carbocycles. The number of aryl methyl sites for hydroxylation is 1. The van der Waals surface area contributed by atoms with Crippen LogP contribution in [0, 0.1) is 0 Å². The number of carbonyl (C=O) groups excluding carboxylic acids is 1. The molecule has 132 valence electrons. The van der Waals surface area contributed by atoms with Crippen LogP contribution in [0.3, 0.4) is 0 Å².